The van der Waals surface area contributed by atoms with Crippen molar-refractivity contribution in [2.45, 2.75) is 6.42 Å². The third-order valence-corrected chi connectivity index (χ3v) is 2.12. The molecule has 0 bridgehead atoms. The highest BCUT2D eigenvalue weighted by Crippen LogP contribution is 2.13. The number of methoxy groups -OCH3 is 2. The van der Waals surface area contributed by atoms with Crippen LogP contribution in [0, 0.1) is 0 Å². The first kappa shape index (κ1) is 12.9. The molecule has 0 amide bonds. The van der Waals surface area contributed by atoms with Crippen molar-refractivity contribution in [3.05, 3.63) is 29.8 Å². The lowest BCUT2D eigenvalue weighted by molar-refractivity contribution is -0.142. The zero-order valence-corrected chi connectivity index (χ0v) is 9.56. The van der Waals surface area contributed by atoms with E-state index in [1.165, 1.54) is 19.2 Å². The van der Waals surface area contributed by atoms with Crippen LogP contribution in [0.3, 0.4) is 0 Å². The summed E-state index contributed by atoms with van der Waals surface area (Å²) in [4.78, 5) is 33.9. The molecule has 1 aromatic rings. The summed E-state index contributed by atoms with van der Waals surface area (Å²) < 4.78 is 9.25. The summed E-state index contributed by atoms with van der Waals surface area (Å²) in [6.45, 7) is 0. The van der Waals surface area contributed by atoms with Crippen LogP contribution >= 0.6 is 0 Å². The zero-order valence-electron chi connectivity index (χ0n) is 9.56. The summed E-state index contributed by atoms with van der Waals surface area (Å²) in [6.07, 6.45) is -0.549. The monoisotopic (exact) mass is 236 g/mol. The molecule has 0 aromatic heterocycles. The average Bonchev–Trinajstić information content (AvgIpc) is 2.37. The highest BCUT2D eigenvalue weighted by Gasteiger charge is 2.20. The fourth-order valence-electron chi connectivity index (χ4n) is 1.21. The second kappa shape index (κ2) is 5.79. The van der Waals surface area contributed by atoms with E-state index in [0.29, 0.717) is 5.75 Å². The Morgan fingerprint density at radius 3 is 2.47 bits per heavy atom. The van der Waals surface area contributed by atoms with Gasteiger partial charge in [0.2, 0.25) is 11.6 Å². The van der Waals surface area contributed by atoms with Gasteiger partial charge in [0.1, 0.15) is 12.2 Å². The SMILES string of the molecule is COC(=O)CC(=O)C(=O)c1cccc(OC)c1. The Kier molecular flexibility index (Phi) is 4.39. The van der Waals surface area contributed by atoms with Crippen LogP contribution in [0.1, 0.15) is 16.8 Å². The number of hydrogen-bond acceptors (Lipinski definition) is 5. The third kappa shape index (κ3) is 3.41. The quantitative estimate of drug-likeness (QED) is 0.330. The van der Waals surface area contributed by atoms with E-state index in [2.05, 4.69) is 4.74 Å². The molecule has 5 nitrogen and oxygen atoms in total. The van der Waals surface area contributed by atoms with Crippen LogP contribution in [0.25, 0.3) is 0 Å². The number of rotatable bonds is 5. The minimum absolute atomic E-state index is 0.193. The van der Waals surface area contributed by atoms with Gasteiger partial charge in [-0.15, -0.1) is 0 Å². The third-order valence-electron chi connectivity index (χ3n) is 2.12. The Bertz CT molecular complexity index is 450. The van der Waals surface area contributed by atoms with Gasteiger partial charge in [-0.2, -0.15) is 0 Å². The molecular weight excluding hydrogens is 224 g/mol. The summed E-state index contributed by atoms with van der Waals surface area (Å²) in [5.74, 6) is -1.78. The van der Waals surface area contributed by atoms with E-state index in [-0.39, 0.29) is 5.56 Å². The van der Waals surface area contributed by atoms with Crippen LogP contribution in [0.15, 0.2) is 24.3 Å². The molecule has 1 aromatic carbocycles. The molecule has 0 unspecified atom stereocenters. The van der Waals surface area contributed by atoms with Gasteiger partial charge in [-0.25, -0.2) is 0 Å². The molecule has 0 atom stereocenters. The van der Waals surface area contributed by atoms with Gasteiger partial charge in [0.25, 0.3) is 0 Å². The van der Waals surface area contributed by atoms with Crippen molar-refractivity contribution in [2.24, 2.45) is 0 Å². The van der Waals surface area contributed by atoms with Crippen molar-refractivity contribution in [3.63, 3.8) is 0 Å². The number of carbonyl (C=O) groups is 3. The molecule has 0 heterocycles. The van der Waals surface area contributed by atoms with Crippen molar-refractivity contribution in [1.29, 1.82) is 0 Å². The molecule has 0 radical (unpaired) electrons. The maximum absolute atomic E-state index is 11.7. The van der Waals surface area contributed by atoms with Gasteiger partial charge in [0, 0.05) is 5.56 Å². The second-order valence-electron chi connectivity index (χ2n) is 3.24. The summed E-state index contributed by atoms with van der Waals surface area (Å²) in [7, 11) is 2.62. The Labute approximate surface area is 98.3 Å². The van der Waals surface area contributed by atoms with Gasteiger partial charge in [0.05, 0.1) is 14.2 Å². The predicted molar refractivity (Wildman–Crippen MR) is 59.0 cm³/mol. The van der Waals surface area contributed by atoms with Crippen LogP contribution in [0.2, 0.25) is 0 Å². The van der Waals surface area contributed by atoms with Gasteiger partial charge < -0.3 is 9.47 Å². The van der Waals surface area contributed by atoms with E-state index < -0.39 is 24.0 Å². The minimum Gasteiger partial charge on any atom is -0.497 e. The molecule has 0 aliphatic heterocycles. The van der Waals surface area contributed by atoms with Crippen molar-refractivity contribution < 1.29 is 23.9 Å². The molecule has 0 N–H and O–H groups in total. The largest absolute Gasteiger partial charge is 0.497 e. The van der Waals surface area contributed by atoms with Gasteiger partial charge >= 0.3 is 5.97 Å². The standard InChI is InChI=1S/C12H12O5/c1-16-9-5-3-4-8(6-9)12(15)10(13)7-11(14)17-2/h3-6H,7H2,1-2H3. The van der Waals surface area contributed by atoms with Crippen LogP contribution < -0.4 is 4.74 Å². The average molecular weight is 236 g/mol. The smallest absolute Gasteiger partial charge is 0.313 e. The number of esters is 1. The number of benzene rings is 1. The van der Waals surface area contributed by atoms with Crippen LogP contribution in [0.5, 0.6) is 5.75 Å². The van der Waals surface area contributed by atoms with Gasteiger partial charge in [0.15, 0.2) is 0 Å². The number of ether oxygens (including phenoxy) is 2. The van der Waals surface area contributed by atoms with E-state index >= 15 is 0 Å². The lowest BCUT2D eigenvalue weighted by Gasteiger charge is -2.02. The molecule has 0 saturated carbocycles. The molecule has 0 spiro atoms. The van der Waals surface area contributed by atoms with Gasteiger partial charge in [-0.1, -0.05) is 12.1 Å². The maximum atomic E-state index is 11.7. The highest BCUT2D eigenvalue weighted by atomic mass is 16.5. The van der Waals surface area contributed by atoms with Crippen molar-refractivity contribution in [1.82, 2.24) is 0 Å². The fraction of sp³-hybridized carbons (Fsp3) is 0.250. The lowest BCUT2D eigenvalue weighted by Crippen LogP contribution is -2.18. The first-order valence-electron chi connectivity index (χ1n) is 4.87. The van der Waals surface area contributed by atoms with E-state index in [4.69, 9.17) is 4.74 Å². The van der Waals surface area contributed by atoms with Crippen molar-refractivity contribution in [3.8, 4) is 5.75 Å². The maximum Gasteiger partial charge on any atom is 0.313 e. The molecule has 1 rings (SSSR count). The van der Waals surface area contributed by atoms with Crippen molar-refractivity contribution >= 4 is 17.5 Å². The summed E-state index contributed by atoms with van der Waals surface area (Å²) in [5.41, 5.74) is 0.193. The number of hydrogen-bond donors (Lipinski definition) is 0. The lowest BCUT2D eigenvalue weighted by atomic mass is 10.1. The van der Waals surface area contributed by atoms with Crippen LogP contribution in [-0.2, 0) is 14.3 Å². The minimum atomic E-state index is -0.801. The molecule has 0 aliphatic rings. The first-order chi connectivity index (χ1) is 8.08. The molecule has 90 valence electrons. The zero-order chi connectivity index (χ0) is 12.8. The second-order valence-corrected chi connectivity index (χ2v) is 3.24. The summed E-state index contributed by atoms with van der Waals surface area (Å²) in [6, 6.07) is 6.18. The van der Waals surface area contributed by atoms with Gasteiger partial charge in [-0.05, 0) is 12.1 Å². The Hall–Kier alpha value is -2.17. The normalized spacial score (nSPS) is 9.53. The van der Waals surface area contributed by atoms with Crippen LogP contribution in [-0.4, -0.2) is 31.8 Å². The molecular formula is C12H12O5. The Morgan fingerprint density at radius 1 is 1.18 bits per heavy atom. The summed E-state index contributed by atoms with van der Waals surface area (Å²) >= 11 is 0. The number of ketones is 2. The molecule has 5 heteroatoms. The molecule has 0 fully saturated rings. The van der Waals surface area contributed by atoms with E-state index in [0.717, 1.165) is 7.11 Å². The Balaban J connectivity index is 2.81. The van der Waals surface area contributed by atoms with E-state index in [1.54, 1.807) is 12.1 Å². The van der Waals surface area contributed by atoms with Crippen LogP contribution in [0.4, 0.5) is 0 Å². The molecule has 0 aliphatic carbocycles. The van der Waals surface area contributed by atoms with E-state index in [9.17, 15) is 14.4 Å². The van der Waals surface area contributed by atoms with Gasteiger partial charge in [-0.3, -0.25) is 14.4 Å². The van der Waals surface area contributed by atoms with Crippen molar-refractivity contribution in [2.75, 3.05) is 14.2 Å². The predicted octanol–water partition coefficient (Wildman–Crippen LogP) is 1.01. The molecule has 17 heavy (non-hydrogen) atoms. The fourth-order valence-corrected chi connectivity index (χ4v) is 1.21. The number of Topliss-reactive ketones (excluding diaryl/α,β-unsaturated/α-hetero) is 2. The number of carbonyl (C=O) groups excluding carboxylic acids is 3. The molecule has 0 saturated heterocycles. The van der Waals surface area contributed by atoms with E-state index in [1.807, 2.05) is 0 Å². The topological polar surface area (TPSA) is 69.7 Å². The Morgan fingerprint density at radius 2 is 1.88 bits per heavy atom. The summed E-state index contributed by atoms with van der Waals surface area (Å²) in [5, 5.41) is 0. The first-order valence-corrected chi connectivity index (χ1v) is 4.87. The highest BCUT2D eigenvalue weighted by molar-refractivity contribution is 6.45.